The monoisotopic (exact) mass is 435 g/mol. The second-order valence-corrected chi connectivity index (χ2v) is 8.23. The fourth-order valence-corrected chi connectivity index (χ4v) is 3.58. The van der Waals surface area contributed by atoms with Gasteiger partial charge in [-0.3, -0.25) is 9.59 Å². The van der Waals surface area contributed by atoms with Crippen molar-refractivity contribution in [2.75, 3.05) is 19.7 Å². The summed E-state index contributed by atoms with van der Waals surface area (Å²) in [4.78, 5) is 44.9. The Kier molecular flexibility index (Phi) is 9.32. The van der Waals surface area contributed by atoms with E-state index in [-0.39, 0.29) is 12.3 Å². The molecule has 1 saturated heterocycles. The van der Waals surface area contributed by atoms with Crippen molar-refractivity contribution in [2.24, 2.45) is 5.92 Å². The zero-order valence-corrected chi connectivity index (χ0v) is 18.4. The number of rotatable bonds is 10. The maximum absolute atomic E-state index is 12.3. The lowest BCUT2D eigenvalue weighted by molar-refractivity contribution is -0.143. The molecule has 2 rings (SSSR count). The summed E-state index contributed by atoms with van der Waals surface area (Å²) in [6, 6.07) is -0.381. The van der Waals surface area contributed by atoms with E-state index in [1.54, 1.807) is 13.8 Å². The molecule has 0 radical (unpaired) electrons. The Hall–Kier alpha value is -2.59. The van der Waals surface area contributed by atoms with Gasteiger partial charge in [-0.1, -0.05) is 13.8 Å². The molecule has 31 heavy (non-hydrogen) atoms. The molecule has 0 aliphatic carbocycles. The van der Waals surface area contributed by atoms with Crippen LogP contribution in [0.1, 0.15) is 56.2 Å². The molecular formula is C21H33N5O5. The van der Waals surface area contributed by atoms with E-state index in [9.17, 15) is 24.6 Å². The first-order valence-corrected chi connectivity index (χ1v) is 10.7. The number of nitrogens with one attached hydrogen (secondary N) is 3. The third kappa shape index (κ3) is 7.55. The maximum Gasteiger partial charge on any atom is 0.326 e. The molecule has 0 aromatic carbocycles. The van der Waals surface area contributed by atoms with Crippen LogP contribution in [0.25, 0.3) is 0 Å². The first-order valence-electron chi connectivity index (χ1n) is 10.7. The number of carbonyl (C=O) groups is 3. The highest BCUT2D eigenvalue weighted by Gasteiger charge is 2.28. The number of aliphatic carboxylic acids is 1. The van der Waals surface area contributed by atoms with Gasteiger partial charge < -0.3 is 26.2 Å². The molecule has 172 valence electrons. The van der Waals surface area contributed by atoms with Crippen LogP contribution in [0.5, 0.6) is 0 Å². The summed E-state index contributed by atoms with van der Waals surface area (Å²) in [5.41, 5.74) is 1.75. The number of amides is 2. The van der Waals surface area contributed by atoms with Crippen LogP contribution < -0.4 is 16.0 Å². The number of hydrogen-bond donors (Lipinski definition) is 5. The van der Waals surface area contributed by atoms with Crippen molar-refractivity contribution in [3.05, 3.63) is 23.3 Å². The van der Waals surface area contributed by atoms with Crippen molar-refractivity contribution in [3.8, 4) is 0 Å². The number of aliphatic hydroxyl groups excluding tert-OH is 1. The van der Waals surface area contributed by atoms with Gasteiger partial charge in [0.1, 0.15) is 17.9 Å². The average Bonchev–Trinajstić information content (AvgIpc) is 2.74. The quantitative estimate of drug-likeness (QED) is 0.341. The summed E-state index contributed by atoms with van der Waals surface area (Å²) in [6.07, 6.45) is 2.48. The van der Waals surface area contributed by atoms with Crippen LogP contribution >= 0.6 is 0 Å². The van der Waals surface area contributed by atoms with Crippen LogP contribution in [0, 0.1) is 12.8 Å². The fraction of sp³-hybridized carbons (Fsp3) is 0.667. The molecule has 0 bridgehead atoms. The molecule has 2 atom stereocenters. The molecule has 1 aromatic heterocycles. The smallest absolute Gasteiger partial charge is 0.326 e. The molecule has 5 N–H and O–H groups in total. The molecule has 0 saturated carbocycles. The van der Waals surface area contributed by atoms with E-state index in [0.29, 0.717) is 18.2 Å². The molecule has 2 amide bonds. The van der Waals surface area contributed by atoms with Gasteiger partial charge >= 0.3 is 5.97 Å². The Balaban J connectivity index is 1.93. The first-order chi connectivity index (χ1) is 14.7. The van der Waals surface area contributed by atoms with E-state index < -0.39 is 36.5 Å². The maximum atomic E-state index is 12.3. The van der Waals surface area contributed by atoms with Crippen LogP contribution in [0.15, 0.2) is 6.07 Å². The topological polar surface area (TPSA) is 154 Å². The SMILES string of the molecule is Cc1nc(CCC(=O)N[C@@H](CO)C(=O)N[C@H](C(=O)O)C(C)C)cc(C2CCNCC2)n1. The minimum atomic E-state index is -1.22. The lowest BCUT2D eigenvalue weighted by atomic mass is 9.93. The lowest BCUT2D eigenvalue weighted by Crippen LogP contribution is -2.54. The van der Waals surface area contributed by atoms with Crippen LogP contribution in [0.4, 0.5) is 0 Å². The van der Waals surface area contributed by atoms with Crippen molar-refractivity contribution < 1.29 is 24.6 Å². The van der Waals surface area contributed by atoms with E-state index >= 15 is 0 Å². The van der Waals surface area contributed by atoms with Gasteiger partial charge in [-0.05, 0) is 51.3 Å². The molecule has 1 aromatic rings. The molecule has 1 aliphatic heterocycles. The third-order valence-electron chi connectivity index (χ3n) is 5.34. The van der Waals surface area contributed by atoms with E-state index in [1.807, 2.05) is 13.0 Å². The number of hydrogen-bond acceptors (Lipinski definition) is 7. The summed E-state index contributed by atoms with van der Waals surface area (Å²) in [5, 5.41) is 26.8. The van der Waals surface area contributed by atoms with E-state index in [1.165, 1.54) is 0 Å². The molecule has 2 heterocycles. The normalized spacial score (nSPS) is 16.5. The molecule has 0 unspecified atom stereocenters. The van der Waals surface area contributed by atoms with Gasteiger partial charge in [-0.15, -0.1) is 0 Å². The van der Waals surface area contributed by atoms with Gasteiger partial charge in [0.25, 0.3) is 0 Å². The number of aliphatic hydroxyl groups is 1. The zero-order valence-electron chi connectivity index (χ0n) is 18.4. The van der Waals surface area contributed by atoms with Gasteiger partial charge in [0.15, 0.2) is 0 Å². The van der Waals surface area contributed by atoms with Gasteiger partial charge in [0, 0.05) is 23.7 Å². The first kappa shape index (κ1) is 24.7. The summed E-state index contributed by atoms with van der Waals surface area (Å²) in [5.74, 6) is -1.64. The molecule has 10 heteroatoms. The minimum absolute atomic E-state index is 0.0818. The average molecular weight is 436 g/mol. The predicted octanol–water partition coefficient (Wildman–Crippen LogP) is -0.113. The molecule has 1 fully saturated rings. The van der Waals surface area contributed by atoms with Gasteiger partial charge in [-0.2, -0.15) is 0 Å². The largest absolute Gasteiger partial charge is 0.480 e. The number of carboxylic acids is 1. The third-order valence-corrected chi connectivity index (χ3v) is 5.34. The molecule has 0 spiro atoms. The Bertz CT molecular complexity index is 779. The summed E-state index contributed by atoms with van der Waals surface area (Å²) < 4.78 is 0. The molecule has 10 nitrogen and oxygen atoms in total. The summed E-state index contributed by atoms with van der Waals surface area (Å²) in [6.45, 7) is 6.42. The standard InChI is InChI=1S/C21H33N5O5/c1-12(2)19(21(30)31)26-20(29)17(11-27)25-18(28)5-4-15-10-16(24-13(3)23-15)14-6-8-22-9-7-14/h10,12,14,17,19,22,27H,4-9,11H2,1-3H3,(H,25,28)(H,26,29)(H,30,31)/t17-,19-/m0/s1. The number of nitrogens with zero attached hydrogens (tertiary/aromatic N) is 2. The highest BCUT2D eigenvalue weighted by atomic mass is 16.4. The van der Waals surface area contributed by atoms with Crippen molar-refractivity contribution in [2.45, 2.75) is 64.5 Å². The lowest BCUT2D eigenvalue weighted by Gasteiger charge is -2.23. The Morgan fingerprint density at radius 3 is 2.45 bits per heavy atom. The second kappa shape index (κ2) is 11.7. The van der Waals surface area contributed by atoms with E-state index in [0.717, 1.165) is 37.3 Å². The van der Waals surface area contributed by atoms with Crippen molar-refractivity contribution in [3.63, 3.8) is 0 Å². The number of carbonyl (C=O) groups excluding carboxylic acids is 2. The predicted molar refractivity (Wildman–Crippen MR) is 113 cm³/mol. The Morgan fingerprint density at radius 2 is 1.87 bits per heavy atom. The van der Waals surface area contributed by atoms with Crippen LogP contribution in [-0.2, 0) is 20.8 Å². The van der Waals surface area contributed by atoms with Crippen LogP contribution in [0.2, 0.25) is 0 Å². The van der Waals surface area contributed by atoms with Crippen molar-refractivity contribution >= 4 is 17.8 Å². The number of aryl methyl sites for hydroxylation is 2. The summed E-state index contributed by atoms with van der Waals surface area (Å²) in [7, 11) is 0. The summed E-state index contributed by atoms with van der Waals surface area (Å²) >= 11 is 0. The Morgan fingerprint density at radius 1 is 1.19 bits per heavy atom. The Labute approximate surface area is 182 Å². The number of piperidine rings is 1. The molecule has 1 aliphatic rings. The van der Waals surface area contributed by atoms with E-state index in [4.69, 9.17) is 0 Å². The van der Waals surface area contributed by atoms with Crippen molar-refractivity contribution in [1.82, 2.24) is 25.9 Å². The molecular weight excluding hydrogens is 402 g/mol. The number of aromatic nitrogens is 2. The highest BCUT2D eigenvalue weighted by Crippen LogP contribution is 2.24. The zero-order chi connectivity index (χ0) is 23.0. The van der Waals surface area contributed by atoms with Gasteiger partial charge in [-0.25, -0.2) is 14.8 Å². The number of carboxylic acid groups (broad SMARTS) is 1. The van der Waals surface area contributed by atoms with Gasteiger partial charge in [0.05, 0.1) is 6.61 Å². The van der Waals surface area contributed by atoms with Crippen LogP contribution in [0.3, 0.4) is 0 Å². The minimum Gasteiger partial charge on any atom is -0.480 e. The highest BCUT2D eigenvalue weighted by molar-refractivity contribution is 5.90. The van der Waals surface area contributed by atoms with Crippen LogP contribution in [-0.4, -0.2) is 69.7 Å². The second-order valence-electron chi connectivity index (χ2n) is 8.23. The van der Waals surface area contributed by atoms with Gasteiger partial charge in [0.2, 0.25) is 11.8 Å². The van der Waals surface area contributed by atoms with Crippen molar-refractivity contribution in [1.29, 1.82) is 0 Å². The fourth-order valence-electron chi connectivity index (χ4n) is 3.58. The van der Waals surface area contributed by atoms with E-state index in [2.05, 4.69) is 25.9 Å².